The first-order valence-electron chi connectivity index (χ1n) is 10.9. The molecule has 0 spiro atoms. The van der Waals surface area contributed by atoms with Crippen molar-refractivity contribution in [2.75, 3.05) is 18.0 Å². The Balaban J connectivity index is 1.65. The van der Waals surface area contributed by atoms with Gasteiger partial charge < -0.3 is 10.2 Å². The Morgan fingerprint density at radius 2 is 1.72 bits per heavy atom. The number of nitrogens with zero attached hydrogens (tertiary/aromatic N) is 3. The van der Waals surface area contributed by atoms with Gasteiger partial charge >= 0.3 is 6.18 Å². The van der Waals surface area contributed by atoms with Gasteiger partial charge in [0.2, 0.25) is 0 Å². The second kappa shape index (κ2) is 12.6. The van der Waals surface area contributed by atoms with Gasteiger partial charge in [-0.3, -0.25) is 4.79 Å². The fourth-order valence-electron chi connectivity index (χ4n) is 3.28. The van der Waals surface area contributed by atoms with Crippen LogP contribution in [0.15, 0.2) is 85.1 Å². The lowest BCUT2D eigenvalue weighted by Gasteiger charge is -2.20. The summed E-state index contributed by atoms with van der Waals surface area (Å²) >= 11 is 7.57. The molecular formula is C26H24ClF3N4OS. The van der Waals surface area contributed by atoms with Crippen molar-refractivity contribution in [2.24, 2.45) is 0 Å². The molecule has 0 aliphatic carbocycles. The average Bonchev–Trinajstić information content (AvgIpc) is 2.85. The van der Waals surface area contributed by atoms with Gasteiger partial charge in [-0.2, -0.15) is 13.2 Å². The molecule has 1 N–H and O–H groups in total. The molecule has 1 heterocycles. The van der Waals surface area contributed by atoms with Crippen molar-refractivity contribution in [1.29, 1.82) is 0 Å². The molecule has 0 atom stereocenters. The van der Waals surface area contributed by atoms with Crippen LogP contribution in [0.4, 0.5) is 19.0 Å². The number of benzene rings is 2. The van der Waals surface area contributed by atoms with E-state index in [1.807, 2.05) is 11.0 Å². The zero-order chi connectivity index (χ0) is 26.1. The number of aromatic nitrogens is 2. The van der Waals surface area contributed by atoms with Crippen molar-refractivity contribution in [2.45, 2.75) is 23.6 Å². The van der Waals surface area contributed by atoms with E-state index in [0.717, 1.165) is 17.7 Å². The maximum Gasteiger partial charge on any atom is 0.416 e. The van der Waals surface area contributed by atoms with Gasteiger partial charge in [-0.05, 0) is 35.4 Å². The van der Waals surface area contributed by atoms with Gasteiger partial charge in [0.25, 0.3) is 5.91 Å². The van der Waals surface area contributed by atoms with E-state index in [2.05, 4.69) is 28.4 Å². The van der Waals surface area contributed by atoms with E-state index < -0.39 is 11.7 Å². The number of alkyl halides is 3. The van der Waals surface area contributed by atoms with E-state index in [4.69, 9.17) is 11.6 Å². The molecule has 188 valence electrons. The maximum absolute atomic E-state index is 12.9. The molecule has 2 aromatic carbocycles. The van der Waals surface area contributed by atoms with E-state index >= 15 is 0 Å². The van der Waals surface area contributed by atoms with E-state index in [-0.39, 0.29) is 12.5 Å². The normalized spacial score (nSPS) is 11.1. The van der Waals surface area contributed by atoms with Crippen LogP contribution in [0.3, 0.4) is 0 Å². The fourth-order valence-corrected chi connectivity index (χ4v) is 4.30. The Hall–Kier alpha value is -3.30. The summed E-state index contributed by atoms with van der Waals surface area (Å²) in [6.45, 7) is 8.64. The van der Waals surface area contributed by atoms with Crippen molar-refractivity contribution in [3.05, 3.63) is 107 Å². The zero-order valence-corrected chi connectivity index (χ0v) is 20.8. The summed E-state index contributed by atoms with van der Waals surface area (Å²) in [5.41, 5.74) is 0.860. The lowest BCUT2D eigenvalue weighted by atomic mass is 10.1. The third-order valence-electron chi connectivity index (χ3n) is 4.95. The average molecular weight is 533 g/mol. The second-order valence-electron chi connectivity index (χ2n) is 7.68. The van der Waals surface area contributed by atoms with Crippen LogP contribution in [0.2, 0.25) is 5.15 Å². The molecule has 3 aromatic rings. The third-order valence-corrected chi connectivity index (χ3v) is 6.06. The van der Waals surface area contributed by atoms with Crippen molar-refractivity contribution >= 4 is 35.1 Å². The van der Waals surface area contributed by atoms with Crippen LogP contribution in [0.5, 0.6) is 0 Å². The lowest BCUT2D eigenvalue weighted by molar-refractivity contribution is -0.137. The Morgan fingerprint density at radius 1 is 1.03 bits per heavy atom. The fraction of sp³-hybridized carbons (Fsp3) is 0.192. The number of carbonyl (C=O) groups excluding carboxylic acids is 1. The first kappa shape index (κ1) is 27.3. The molecule has 0 aliphatic heterocycles. The number of amides is 1. The molecule has 1 amide bonds. The minimum Gasteiger partial charge on any atom is -0.349 e. The molecule has 0 saturated heterocycles. The summed E-state index contributed by atoms with van der Waals surface area (Å²) in [5, 5.41) is 3.46. The molecule has 5 nitrogen and oxygen atoms in total. The van der Waals surface area contributed by atoms with Gasteiger partial charge in [-0.1, -0.05) is 59.8 Å². The van der Waals surface area contributed by atoms with Crippen molar-refractivity contribution in [1.82, 2.24) is 15.3 Å². The predicted molar refractivity (Wildman–Crippen MR) is 138 cm³/mol. The highest BCUT2D eigenvalue weighted by Gasteiger charge is 2.30. The Kier molecular flexibility index (Phi) is 9.55. The number of rotatable bonds is 11. The minimum absolute atomic E-state index is 0.0211. The molecule has 0 bridgehead atoms. The summed E-state index contributed by atoms with van der Waals surface area (Å²) in [7, 11) is 0. The van der Waals surface area contributed by atoms with E-state index in [9.17, 15) is 18.0 Å². The van der Waals surface area contributed by atoms with Gasteiger partial charge in [0, 0.05) is 37.0 Å². The monoisotopic (exact) mass is 532 g/mol. The van der Waals surface area contributed by atoms with Crippen LogP contribution in [0.25, 0.3) is 0 Å². The van der Waals surface area contributed by atoms with Gasteiger partial charge in [0.15, 0.2) is 5.16 Å². The van der Waals surface area contributed by atoms with Crippen molar-refractivity contribution in [3.63, 3.8) is 0 Å². The first-order chi connectivity index (χ1) is 17.2. The largest absolute Gasteiger partial charge is 0.416 e. The highest BCUT2D eigenvalue weighted by Crippen LogP contribution is 2.29. The Labute approximate surface area is 217 Å². The second-order valence-corrected chi connectivity index (χ2v) is 9.01. The molecular weight excluding hydrogens is 509 g/mol. The van der Waals surface area contributed by atoms with Gasteiger partial charge in [-0.25, -0.2) is 9.97 Å². The summed E-state index contributed by atoms with van der Waals surface area (Å²) in [4.78, 5) is 23.4. The SMILES string of the molecule is C=CCN(CC=C)c1cc(Cl)nc(SCc2cccc(C(=O)NCc3cccc(C(F)(F)F)c3)c2)n1. The summed E-state index contributed by atoms with van der Waals surface area (Å²) < 4.78 is 38.7. The number of carbonyl (C=O) groups is 1. The molecule has 36 heavy (non-hydrogen) atoms. The van der Waals surface area contributed by atoms with Crippen LogP contribution in [0.1, 0.15) is 27.0 Å². The van der Waals surface area contributed by atoms with Gasteiger partial charge in [-0.15, -0.1) is 13.2 Å². The molecule has 0 saturated carbocycles. The van der Waals surface area contributed by atoms with E-state index in [1.54, 1.807) is 36.4 Å². The third kappa shape index (κ3) is 7.86. The van der Waals surface area contributed by atoms with Crippen LogP contribution < -0.4 is 10.2 Å². The number of thioether (sulfide) groups is 1. The van der Waals surface area contributed by atoms with Gasteiger partial charge in [0.1, 0.15) is 11.0 Å². The maximum atomic E-state index is 12.9. The zero-order valence-electron chi connectivity index (χ0n) is 19.3. The predicted octanol–water partition coefficient (Wildman–Crippen LogP) is 6.55. The quantitative estimate of drug-likeness (QED) is 0.131. The number of nitrogens with one attached hydrogen (secondary N) is 1. The summed E-state index contributed by atoms with van der Waals surface area (Å²) in [6, 6.07) is 13.5. The highest BCUT2D eigenvalue weighted by molar-refractivity contribution is 7.98. The first-order valence-corrected chi connectivity index (χ1v) is 12.2. The molecule has 1 aromatic heterocycles. The van der Waals surface area contributed by atoms with Crippen LogP contribution in [-0.2, 0) is 18.5 Å². The summed E-state index contributed by atoms with van der Waals surface area (Å²) in [6.07, 6.45) is -0.916. The van der Waals surface area contributed by atoms with Crippen LogP contribution in [-0.4, -0.2) is 29.0 Å². The number of halogens is 4. The molecule has 0 fully saturated rings. The van der Waals surface area contributed by atoms with E-state index in [1.165, 1.54) is 23.9 Å². The minimum atomic E-state index is -4.44. The standard InChI is InChI=1S/C26H24ClF3N4OS/c1-3-11-34(12-4-2)23-15-22(27)32-25(33-23)36-17-19-8-5-9-20(13-19)24(35)31-16-18-7-6-10-21(14-18)26(28,29)30/h3-10,13-15H,1-2,11-12,16-17H2,(H,31,35). The molecule has 0 aliphatic rings. The molecule has 10 heteroatoms. The molecule has 0 radical (unpaired) electrons. The molecule has 0 unspecified atom stereocenters. The van der Waals surface area contributed by atoms with Crippen molar-refractivity contribution in [3.8, 4) is 0 Å². The topological polar surface area (TPSA) is 58.1 Å². The Bertz CT molecular complexity index is 1230. The molecule has 3 rings (SSSR count). The van der Waals surface area contributed by atoms with E-state index in [0.29, 0.717) is 46.1 Å². The smallest absolute Gasteiger partial charge is 0.349 e. The van der Waals surface area contributed by atoms with Crippen LogP contribution >= 0.6 is 23.4 Å². The highest BCUT2D eigenvalue weighted by atomic mass is 35.5. The van der Waals surface area contributed by atoms with Crippen LogP contribution in [0, 0.1) is 0 Å². The lowest BCUT2D eigenvalue weighted by Crippen LogP contribution is -2.24. The summed E-state index contributed by atoms with van der Waals surface area (Å²) in [5.74, 6) is 0.752. The Morgan fingerprint density at radius 3 is 2.42 bits per heavy atom. The number of anilines is 1. The number of hydrogen-bond donors (Lipinski definition) is 1. The number of hydrogen-bond acceptors (Lipinski definition) is 5. The van der Waals surface area contributed by atoms with Crippen molar-refractivity contribution < 1.29 is 18.0 Å². The van der Waals surface area contributed by atoms with Gasteiger partial charge in [0.05, 0.1) is 5.56 Å².